The number of aryl methyl sites for hydroxylation is 2. The zero-order valence-corrected chi connectivity index (χ0v) is 34.1. The Bertz CT molecular complexity index is 1380. The van der Waals surface area contributed by atoms with E-state index in [-0.39, 0.29) is 11.5 Å². The van der Waals surface area contributed by atoms with Crippen LogP contribution in [0, 0.1) is 13.8 Å². The summed E-state index contributed by atoms with van der Waals surface area (Å²) in [5.41, 5.74) is 12.7. The van der Waals surface area contributed by atoms with Gasteiger partial charge >= 0.3 is 0 Å². The summed E-state index contributed by atoms with van der Waals surface area (Å²) in [5, 5.41) is 3.88. The predicted octanol–water partition coefficient (Wildman–Crippen LogP) is 15.2. The first-order chi connectivity index (χ1) is 23.1. The highest BCUT2D eigenvalue weighted by molar-refractivity contribution is 5.62. The molecule has 1 heteroatoms. The van der Waals surface area contributed by atoms with Gasteiger partial charge < -0.3 is 5.32 Å². The summed E-state index contributed by atoms with van der Waals surface area (Å²) >= 11 is 0. The minimum atomic E-state index is -0.187. The van der Waals surface area contributed by atoms with Crippen molar-refractivity contribution in [1.82, 2.24) is 0 Å². The van der Waals surface area contributed by atoms with Gasteiger partial charge in [0.1, 0.15) is 0 Å². The molecule has 0 fully saturated rings. The highest BCUT2D eigenvalue weighted by Crippen LogP contribution is 2.41. The minimum absolute atomic E-state index is 0.0481. The molecular formula is C47H73N. The van der Waals surface area contributed by atoms with Crippen molar-refractivity contribution in [1.29, 1.82) is 0 Å². The van der Waals surface area contributed by atoms with Crippen molar-refractivity contribution in [3.8, 4) is 0 Å². The van der Waals surface area contributed by atoms with Crippen LogP contribution in [0.25, 0.3) is 0 Å². The second-order valence-electron chi connectivity index (χ2n) is 11.5. The van der Waals surface area contributed by atoms with E-state index < -0.39 is 0 Å². The molecule has 0 aliphatic heterocycles. The topological polar surface area (TPSA) is 12.0 Å². The molecule has 2 aliphatic rings. The molecule has 48 heavy (non-hydrogen) atoms. The zero-order valence-electron chi connectivity index (χ0n) is 34.1. The fraction of sp³-hybridized carbons (Fsp3) is 0.447. The third-order valence-electron chi connectivity index (χ3n) is 8.20. The van der Waals surface area contributed by atoms with Crippen LogP contribution in [-0.4, -0.2) is 6.04 Å². The number of hydrogen-bond donors (Lipinski definition) is 1. The Morgan fingerprint density at radius 3 is 2.06 bits per heavy atom. The molecule has 1 aromatic carbocycles. The maximum absolute atomic E-state index is 4.38. The van der Waals surface area contributed by atoms with Gasteiger partial charge in [-0.15, -0.1) is 0 Å². The van der Waals surface area contributed by atoms with Crippen molar-refractivity contribution in [2.45, 2.75) is 141 Å². The largest absolute Gasteiger partial charge is 0.375 e. The first-order valence-electron chi connectivity index (χ1n) is 18.7. The Hall–Kier alpha value is -3.58. The molecule has 0 saturated carbocycles. The minimum Gasteiger partial charge on any atom is -0.375 e. The van der Waals surface area contributed by atoms with E-state index >= 15 is 0 Å². The molecule has 3 rings (SSSR count). The first-order valence-corrected chi connectivity index (χ1v) is 18.7. The molecule has 2 atom stereocenters. The van der Waals surface area contributed by atoms with Gasteiger partial charge in [0.25, 0.3) is 0 Å². The van der Waals surface area contributed by atoms with E-state index in [4.69, 9.17) is 0 Å². The number of nitrogens with one attached hydrogen (secondary N) is 1. The molecule has 0 spiro atoms. The van der Waals surface area contributed by atoms with Crippen LogP contribution in [0.3, 0.4) is 0 Å². The van der Waals surface area contributed by atoms with Crippen molar-refractivity contribution < 1.29 is 0 Å². The molecule has 0 aromatic heterocycles. The third kappa shape index (κ3) is 14.3. The molecule has 2 unspecified atom stereocenters. The van der Waals surface area contributed by atoms with Gasteiger partial charge in [0.05, 0.1) is 6.04 Å². The Kier molecular flexibility index (Phi) is 25.6. The van der Waals surface area contributed by atoms with Crippen LogP contribution in [0.4, 0.5) is 5.69 Å². The summed E-state index contributed by atoms with van der Waals surface area (Å²) in [6.07, 6.45) is 32.0. The first kappa shape index (κ1) is 46.5. The van der Waals surface area contributed by atoms with Crippen LogP contribution >= 0.6 is 0 Å². The normalized spacial score (nSPS) is 15.9. The van der Waals surface area contributed by atoms with Crippen molar-refractivity contribution in [3.05, 3.63) is 148 Å². The number of hydrogen-bond acceptors (Lipinski definition) is 1. The molecule has 2 aliphatic carbocycles. The molecule has 266 valence electrons. The SMILES string of the molecule is C=C(C)C(Nc1cc(C(C)(/C=C\C=C/C)C2=CC=CC2)c(C)cc1C)/C(C)=C/C(=C\C)C/C=C(\C)C1=CCC=C1.CC.CC.CC.CC. The van der Waals surface area contributed by atoms with Gasteiger partial charge in [-0.25, -0.2) is 0 Å². The highest BCUT2D eigenvalue weighted by Gasteiger charge is 2.31. The Morgan fingerprint density at radius 1 is 0.917 bits per heavy atom. The van der Waals surface area contributed by atoms with E-state index in [1.165, 1.54) is 44.6 Å². The molecule has 0 bridgehead atoms. The van der Waals surface area contributed by atoms with Gasteiger partial charge in [-0.05, 0) is 120 Å². The second kappa shape index (κ2) is 26.4. The lowest BCUT2D eigenvalue weighted by Gasteiger charge is -2.32. The lowest BCUT2D eigenvalue weighted by molar-refractivity contribution is 0.684. The van der Waals surface area contributed by atoms with E-state index in [0.29, 0.717) is 0 Å². The van der Waals surface area contributed by atoms with Gasteiger partial charge in [0.2, 0.25) is 0 Å². The van der Waals surface area contributed by atoms with Crippen LogP contribution in [0.15, 0.2) is 131 Å². The summed E-state index contributed by atoms with van der Waals surface area (Å²) in [6.45, 7) is 37.9. The molecule has 0 heterocycles. The fourth-order valence-electron chi connectivity index (χ4n) is 5.68. The quantitative estimate of drug-likeness (QED) is 0.175. The molecule has 1 nitrogen and oxygen atoms in total. The number of allylic oxidation sites excluding steroid dienone is 17. The summed E-state index contributed by atoms with van der Waals surface area (Å²) in [4.78, 5) is 0. The maximum Gasteiger partial charge on any atom is 0.0682 e. The Labute approximate surface area is 299 Å². The fourth-order valence-corrected chi connectivity index (χ4v) is 5.68. The van der Waals surface area contributed by atoms with E-state index in [0.717, 1.165) is 30.5 Å². The molecule has 1 aromatic rings. The van der Waals surface area contributed by atoms with Crippen LogP contribution in [-0.2, 0) is 5.41 Å². The van der Waals surface area contributed by atoms with E-state index in [9.17, 15) is 0 Å². The van der Waals surface area contributed by atoms with Gasteiger partial charge in [-0.1, -0.05) is 158 Å². The van der Waals surface area contributed by atoms with Crippen LogP contribution in [0.5, 0.6) is 0 Å². The molecular weight excluding hydrogens is 579 g/mol. The van der Waals surface area contributed by atoms with Gasteiger partial charge in [0.15, 0.2) is 0 Å². The van der Waals surface area contributed by atoms with E-state index in [2.05, 4.69) is 158 Å². The van der Waals surface area contributed by atoms with Crippen LogP contribution in [0.1, 0.15) is 133 Å². The third-order valence-corrected chi connectivity index (χ3v) is 8.20. The van der Waals surface area contributed by atoms with Gasteiger partial charge in [-0.3, -0.25) is 0 Å². The average Bonchev–Trinajstić information content (AvgIpc) is 3.86. The van der Waals surface area contributed by atoms with E-state index in [1.54, 1.807) is 0 Å². The lowest BCUT2D eigenvalue weighted by atomic mass is 9.72. The highest BCUT2D eigenvalue weighted by atomic mass is 14.9. The predicted molar refractivity (Wildman–Crippen MR) is 224 cm³/mol. The average molecular weight is 652 g/mol. The van der Waals surface area contributed by atoms with E-state index in [1.807, 2.05) is 55.4 Å². The molecule has 0 radical (unpaired) electrons. The summed E-state index contributed by atoms with van der Waals surface area (Å²) in [7, 11) is 0. The molecule has 1 N–H and O–H groups in total. The standard InChI is InChI=1S/C39H49N.4C2H6/c1-10-12-17-24-39(9,35-20-15-16-21-35)36-27-37(31(7)25-30(36)6)40-38(28(3)4)32(8)26-33(11-2)23-22-29(5)34-18-13-14-19-34;4*1-2/h10-13,15-20,22,24-27,38,40H,3,14,21,23H2,1-2,4-9H3;4*1-2H3/b12-10-,24-17-,29-22+,32-26+,33-11-;;;;. The lowest BCUT2D eigenvalue weighted by Crippen LogP contribution is -2.25. The summed E-state index contributed by atoms with van der Waals surface area (Å²) in [6, 6.07) is 4.75. The summed E-state index contributed by atoms with van der Waals surface area (Å²) in [5.74, 6) is 0. The van der Waals surface area contributed by atoms with Crippen molar-refractivity contribution in [2.24, 2.45) is 0 Å². The smallest absolute Gasteiger partial charge is 0.0682 e. The maximum atomic E-state index is 4.38. The van der Waals surface area contributed by atoms with Crippen LogP contribution < -0.4 is 5.32 Å². The Morgan fingerprint density at radius 2 is 1.56 bits per heavy atom. The number of benzene rings is 1. The van der Waals surface area contributed by atoms with Crippen molar-refractivity contribution >= 4 is 5.69 Å². The van der Waals surface area contributed by atoms with Crippen molar-refractivity contribution in [3.63, 3.8) is 0 Å². The molecule has 0 saturated heterocycles. The monoisotopic (exact) mass is 652 g/mol. The number of anilines is 1. The van der Waals surface area contributed by atoms with Crippen LogP contribution in [0.2, 0.25) is 0 Å². The van der Waals surface area contributed by atoms with Gasteiger partial charge in [0, 0.05) is 11.1 Å². The molecule has 0 amide bonds. The summed E-state index contributed by atoms with van der Waals surface area (Å²) < 4.78 is 0. The number of rotatable bonds is 12. The Balaban J connectivity index is 0. The van der Waals surface area contributed by atoms with Crippen molar-refractivity contribution in [2.75, 3.05) is 5.32 Å². The van der Waals surface area contributed by atoms with Gasteiger partial charge in [-0.2, -0.15) is 0 Å². The zero-order chi connectivity index (χ0) is 37.3. The second-order valence-corrected chi connectivity index (χ2v) is 11.5.